The second-order valence-corrected chi connectivity index (χ2v) is 7.34. The Morgan fingerprint density at radius 2 is 2.23 bits per heavy atom. The first-order chi connectivity index (χ1) is 12.6. The largest absolute Gasteiger partial charge is 0.356 e. The molecule has 3 heterocycles. The third kappa shape index (κ3) is 4.21. The Kier molecular flexibility index (Phi) is 5.87. The highest BCUT2D eigenvalue weighted by atomic mass is 32.1. The molecule has 1 N–H and O–H groups in total. The van der Waals surface area contributed by atoms with Crippen LogP contribution in [0, 0.1) is 0 Å². The average molecular weight is 376 g/mol. The van der Waals surface area contributed by atoms with Crippen LogP contribution in [0.1, 0.15) is 16.8 Å². The molecule has 0 aliphatic carbocycles. The molecule has 0 unspecified atom stereocenters. The highest BCUT2D eigenvalue weighted by Gasteiger charge is 2.27. The number of amides is 1. The molecule has 0 saturated carbocycles. The minimum Gasteiger partial charge on any atom is -0.356 e. The zero-order valence-corrected chi connectivity index (χ0v) is 16.3. The van der Waals surface area contributed by atoms with Crippen LogP contribution in [0.3, 0.4) is 0 Å². The summed E-state index contributed by atoms with van der Waals surface area (Å²) in [6.07, 6.45) is 7.41. The highest BCUT2D eigenvalue weighted by Crippen LogP contribution is 2.16. The number of guanidine groups is 1. The van der Waals surface area contributed by atoms with E-state index in [2.05, 4.69) is 27.3 Å². The van der Waals surface area contributed by atoms with Crippen molar-refractivity contribution >= 4 is 28.9 Å². The quantitative estimate of drug-likeness (QED) is 0.621. The number of nitrogens with one attached hydrogen (secondary N) is 1. The van der Waals surface area contributed by atoms with Gasteiger partial charge in [-0.05, 0) is 6.42 Å². The van der Waals surface area contributed by atoms with Crippen LogP contribution in [-0.4, -0.2) is 64.8 Å². The van der Waals surface area contributed by atoms with E-state index >= 15 is 0 Å². The minimum absolute atomic E-state index is 0.0553. The SMILES string of the molecule is CCc1cnc(CCNC(=NC)N2CCN(c3cnn(C)c3)C(=O)C2)s1. The fourth-order valence-corrected chi connectivity index (χ4v) is 3.78. The zero-order valence-electron chi connectivity index (χ0n) is 15.5. The smallest absolute Gasteiger partial charge is 0.246 e. The molecule has 0 spiro atoms. The van der Waals surface area contributed by atoms with Crippen molar-refractivity contribution in [3.05, 3.63) is 28.5 Å². The third-order valence-corrected chi connectivity index (χ3v) is 5.51. The van der Waals surface area contributed by atoms with Crippen molar-refractivity contribution < 1.29 is 4.79 Å². The van der Waals surface area contributed by atoms with Gasteiger partial charge in [-0.2, -0.15) is 5.10 Å². The topological polar surface area (TPSA) is 78.7 Å². The van der Waals surface area contributed by atoms with Crippen molar-refractivity contribution in [2.45, 2.75) is 19.8 Å². The Bertz CT molecular complexity index is 782. The summed E-state index contributed by atoms with van der Waals surface area (Å²) in [7, 11) is 3.60. The standard InChI is InChI=1S/C17H25N7OS/c1-4-14-10-20-15(26-14)5-6-19-17(18-2)23-7-8-24(16(25)12-23)13-9-21-22(3)11-13/h9-11H,4-8,12H2,1-3H3,(H,18,19). The molecule has 1 aliphatic heterocycles. The van der Waals surface area contributed by atoms with Crippen molar-refractivity contribution in [2.24, 2.45) is 12.0 Å². The monoisotopic (exact) mass is 375 g/mol. The Labute approximate surface area is 157 Å². The van der Waals surface area contributed by atoms with Crippen LogP contribution < -0.4 is 10.2 Å². The van der Waals surface area contributed by atoms with E-state index in [1.54, 1.807) is 34.2 Å². The van der Waals surface area contributed by atoms with Crippen LogP contribution in [0.2, 0.25) is 0 Å². The molecule has 3 rings (SSSR count). The zero-order chi connectivity index (χ0) is 18.5. The number of aryl methyl sites for hydroxylation is 2. The number of anilines is 1. The van der Waals surface area contributed by atoms with Gasteiger partial charge in [-0.3, -0.25) is 14.5 Å². The van der Waals surface area contributed by atoms with Gasteiger partial charge >= 0.3 is 0 Å². The van der Waals surface area contributed by atoms with Crippen LogP contribution in [0.25, 0.3) is 0 Å². The van der Waals surface area contributed by atoms with Gasteiger partial charge in [0.25, 0.3) is 0 Å². The Morgan fingerprint density at radius 1 is 1.38 bits per heavy atom. The summed E-state index contributed by atoms with van der Waals surface area (Å²) < 4.78 is 1.71. The van der Waals surface area contributed by atoms with Gasteiger partial charge in [0.05, 0.1) is 16.9 Å². The number of rotatable bonds is 5. The second kappa shape index (κ2) is 8.31. The molecule has 1 fully saturated rings. The Morgan fingerprint density at radius 3 is 2.85 bits per heavy atom. The van der Waals surface area contributed by atoms with E-state index in [9.17, 15) is 4.79 Å². The average Bonchev–Trinajstić information content (AvgIpc) is 3.27. The first kappa shape index (κ1) is 18.4. The minimum atomic E-state index is 0.0553. The number of hydrogen-bond donors (Lipinski definition) is 1. The number of carbonyl (C=O) groups excluding carboxylic acids is 1. The van der Waals surface area contributed by atoms with Gasteiger partial charge in [0.2, 0.25) is 5.91 Å². The van der Waals surface area contributed by atoms with Gasteiger partial charge in [-0.25, -0.2) is 4.98 Å². The molecule has 9 heteroatoms. The molecule has 8 nitrogen and oxygen atoms in total. The van der Waals surface area contributed by atoms with Crippen molar-refractivity contribution in [1.82, 2.24) is 25.0 Å². The number of aliphatic imine (C=N–C) groups is 1. The van der Waals surface area contributed by atoms with E-state index in [1.165, 1.54) is 4.88 Å². The molecule has 2 aromatic rings. The van der Waals surface area contributed by atoms with Crippen LogP contribution >= 0.6 is 11.3 Å². The third-order valence-electron chi connectivity index (χ3n) is 4.31. The lowest BCUT2D eigenvalue weighted by Crippen LogP contribution is -2.55. The first-order valence-electron chi connectivity index (χ1n) is 8.79. The van der Waals surface area contributed by atoms with E-state index in [-0.39, 0.29) is 5.91 Å². The summed E-state index contributed by atoms with van der Waals surface area (Å²) in [6, 6.07) is 0. The molecule has 0 atom stereocenters. The molecule has 1 amide bonds. The highest BCUT2D eigenvalue weighted by molar-refractivity contribution is 7.11. The molecule has 2 aromatic heterocycles. The summed E-state index contributed by atoms with van der Waals surface area (Å²) in [4.78, 5) is 26.4. The Hall–Kier alpha value is -2.42. The van der Waals surface area contributed by atoms with Gasteiger partial charge in [-0.1, -0.05) is 6.92 Å². The number of carbonyl (C=O) groups is 1. The maximum atomic E-state index is 12.5. The lowest BCUT2D eigenvalue weighted by atomic mass is 10.3. The predicted molar refractivity (Wildman–Crippen MR) is 104 cm³/mol. The molecular formula is C17H25N7OS. The van der Waals surface area contributed by atoms with E-state index in [0.29, 0.717) is 13.1 Å². The van der Waals surface area contributed by atoms with Crippen LogP contribution in [-0.2, 0) is 24.7 Å². The van der Waals surface area contributed by atoms with Crippen molar-refractivity contribution in [3.8, 4) is 0 Å². The second-order valence-electron chi connectivity index (χ2n) is 6.14. The van der Waals surface area contributed by atoms with Gasteiger partial charge in [0, 0.05) is 57.4 Å². The van der Waals surface area contributed by atoms with Crippen molar-refractivity contribution in [2.75, 3.05) is 38.1 Å². The lowest BCUT2D eigenvalue weighted by molar-refractivity contribution is -0.120. The van der Waals surface area contributed by atoms with E-state index in [0.717, 1.165) is 42.6 Å². The van der Waals surface area contributed by atoms with Gasteiger partial charge in [-0.15, -0.1) is 11.3 Å². The van der Waals surface area contributed by atoms with E-state index < -0.39 is 0 Å². The number of aromatic nitrogens is 3. The lowest BCUT2D eigenvalue weighted by Gasteiger charge is -2.35. The number of nitrogens with zero attached hydrogens (tertiary/aromatic N) is 6. The van der Waals surface area contributed by atoms with Gasteiger partial charge in [0.1, 0.15) is 6.54 Å². The van der Waals surface area contributed by atoms with Crippen molar-refractivity contribution in [3.63, 3.8) is 0 Å². The number of piperazine rings is 1. The number of thiazole rings is 1. The summed E-state index contributed by atoms with van der Waals surface area (Å²) in [5.74, 6) is 0.816. The Balaban J connectivity index is 1.52. The van der Waals surface area contributed by atoms with E-state index in [1.807, 2.05) is 24.3 Å². The van der Waals surface area contributed by atoms with E-state index in [4.69, 9.17) is 0 Å². The molecular weight excluding hydrogens is 350 g/mol. The summed E-state index contributed by atoms with van der Waals surface area (Å²) in [5.41, 5.74) is 0.843. The number of hydrogen-bond acceptors (Lipinski definition) is 5. The molecule has 1 aliphatic rings. The normalized spacial score (nSPS) is 15.7. The molecule has 0 aromatic carbocycles. The molecule has 140 valence electrons. The fraction of sp³-hybridized carbons (Fsp3) is 0.529. The first-order valence-corrected chi connectivity index (χ1v) is 9.60. The van der Waals surface area contributed by atoms with Crippen LogP contribution in [0.4, 0.5) is 5.69 Å². The van der Waals surface area contributed by atoms with Crippen molar-refractivity contribution in [1.29, 1.82) is 0 Å². The predicted octanol–water partition coefficient (Wildman–Crippen LogP) is 0.906. The molecule has 26 heavy (non-hydrogen) atoms. The molecule has 0 radical (unpaired) electrons. The summed E-state index contributed by atoms with van der Waals surface area (Å²) >= 11 is 1.75. The summed E-state index contributed by atoms with van der Waals surface area (Å²) in [6.45, 7) is 4.56. The van der Waals surface area contributed by atoms with Gasteiger partial charge < -0.3 is 15.1 Å². The molecule has 0 bridgehead atoms. The maximum absolute atomic E-state index is 12.5. The molecule has 1 saturated heterocycles. The van der Waals surface area contributed by atoms with Crippen LogP contribution in [0.15, 0.2) is 23.6 Å². The summed E-state index contributed by atoms with van der Waals surface area (Å²) in [5, 5.41) is 8.62. The fourth-order valence-electron chi connectivity index (χ4n) is 2.92. The maximum Gasteiger partial charge on any atom is 0.246 e. The van der Waals surface area contributed by atoms with Crippen LogP contribution in [0.5, 0.6) is 0 Å². The van der Waals surface area contributed by atoms with Gasteiger partial charge in [0.15, 0.2) is 5.96 Å².